The largest absolute Gasteiger partial charge is 0.524 e. The minimum Gasteiger partial charge on any atom is -0.507 e. The summed E-state index contributed by atoms with van der Waals surface area (Å²) in [6.07, 6.45) is 10.00. The number of halogens is 2. The number of carbonyl (C=O) groups is 6. The van der Waals surface area contributed by atoms with Crippen LogP contribution in [0.25, 0.3) is 33.7 Å². The van der Waals surface area contributed by atoms with Gasteiger partial charge in [0.2, 0.25) is 11.8 Å². The molecule has 5 N–H and O–H groups in total. The Morgan fingerprint density at radius 1 is 0.714 bits per heavy atom. The van der Waals surface area contributed by atoms with Crippen molar-refractivity contribution in [3.05, 3.63) is 125 Å². The molecule has 3 heterocycles. The van der Waals surface area contributed by atoms with Crippen molar-refractivity contribution < 1.29 is 52.7 Å². The van der Waals surface area contributed by atoms with Gasteiger partial charge in [-0.15, -0.1) is 23.2 Å². The monoisotopic (exact) mass is 1010 g/mol. The molecule has 0 spiro atoms. The van der Waals surface area contributed by atoms with Crippen molar-refractivity contribution in [3.63, 3.8) is 0 Å². The molecule has 70 heavy (non-hydrogen) atoms. The quantitative estimate of drug-likeness (QED) is 0.0187. The van der Waals surface area contributed by atoms with E-state index in [1.807, 2.05) is 24.3 Å². The normalized spacial score (nSPS) is 16.5. The maximum Gasteiger partial charge on any atom is 0.524 e. The van der Waals surface area contributed by atoms with Crippen molar-refractivity contribution in [2.24, 2.45) is 0 Å². The van der Waals surface area contributed by atoms with Crippen LogP contribution in [0, 0.1) is 0 Å². The SMILES string of the molecule is O=C(CCCCCN1C(=O)C=CC1=O)NCCC(=O)Nc1cc(/C=C/C(=O)N2C[C@@H](CCl)c3c2cc(O)c2ccccc32)ccc1/C=C/C(=O)N1CC(CCl)c2c1cc(OP(=O)(O)O)c1ccccc21. The molecule has 0 fully saturated rings. The molecule has 3 aliphatic heterocycles. The van der Waals surface area contributed by atoms with E-state index in [-0.39, 0.29) is 96.9 Å². The molecule has 0 saturated carbocycles. The van der Waals surface area contributed by atoms with Crippen LogP contribution in [0.15, 0.2) is 103 Å². The summed E-state index contributed by atoms with van der Waals surface area (Å²) in [7, 11) is -4.99. The third-order valence-corrected chi connectivity index (χ3v) is 13.6. The Labute approximate surface area is 412 Å². The summed E-state index contributed by atoms with van der Waals surface area (Å²) in [4.78, 5) is 101. The number of phosphoric ester groups is 1. The Bertz CT molecular complexity index is 3060. The predicted molar refractivity (Wildman–Crippen MR) is 269 cm³/mol. The minimum absolute atomic E-state index is 0.0226. The number of rotatable bonds is 18. The van der Waals surface area contributed by atoms with Crippen LogP contribution >= 0.6 is 31.0 Å². The van der Waals surface area contributed by atoms with E-state index in [1.54, 1.807) is 59.5 Å². The van der Waals surface area contributed by atoms with Gasteiger partial charge in [-0.3, -0.25) is 43.5 Å². The predicted octanol–water partition coefficient (Wildman–Crippen LogP) is 7.87. The van der Waals surface area contributed by atoms with Gasteiger partial charge in [-0.05, 0) is 64.1 Å². The zero-order valence-corrected chi connectivity index (χ0v) is 40.0. The molecule has 0 saturated heterocycles. The van der Waals surface area contributed by atoms with Crippen molar-refractivity contribution in [2.45, 2.75) is 43.9 Å². The van der Waals surface area contributed by atoms with Gasteiger partial charge < -0.3 is 30.1 Å². The van der Waals surface area contributed by atoms with Crippen LogP contribution in [0.1, 0.15) is 66.2 Å². The minimum atomic E-state index is -4.99. The zero-order valence-electron chi connectivity index (χ0n) is 37.6. The van der Waals surface area contributed by atoms with Crippen molar-refractivity contribution in [1.29, 1.82) is 0 Å². The summed E-state index contributed by atoms with van der Waals surface area (Å²) in [6, 6.07) is 22.3. The highest BCUT2D eigenvalue weighted by atomic mass is 35.5. The summed E-state index contributed by atoms with van der Waals surface area (Å²) >= 11 is 12.8. The molecular formula is C51H48Cl2N5O11P. The van der Waals surface area contributed by atoms with Crippen LogP contribution in [0.5, 0.6) is 11.5 Å². The lowest BCUT2D eigenvalue weighted by atomic mass is 9.95. The average molecular weight is 1010 g/mol. The van der Waals surface area contributed by atoms with Crippen LogP contribution < -0.4 is 25.0 Å². The number of alkyl halides is 2. The summed E-state index contributed by atoms with van der Waals surface area (Å²) in [5, 5.41) is 19.0. The first-order valence-electron chi connectivity index (χ1n) is 22.5. The van der Waals surface area contributed by atoms with Crippen LogP contribution in [0.4, 0.5) is 17.1 Å². The molecule has 16 nitrogen and oxygen atoms in total. The third-order valence-electron chi connectivity index (χ3n) is 12.4. The number of unbranched alkanes of at least 4 members (excludes halogenated alkanes) is 2. The first-order valence-corrected chi connectivity index (χ1v) is 25.1. The van der Waals surface area contributed by atoms with E-state index in [2.05, 4.69) is 10.6 Å². The molecule has 0 radical (unpaired) electrons. The van der Waals surface area contributed by atoms with Gasteiger partial charge in [-0.1, -0.05) is 67.1 Å². The molecular weight excluding hydrogens is 960 g/mol. The highest BCUT2D eigenvalue weighted by molar-refractivity contribution is 7.46. The van der Waals surface area contributed by atoms with Gasteiger partial charge in [0.1, 0.15) is 11.5 Å². The van der Waals surface area contributed by atoms with Gasteiger partial charge in [-0.25, -0.2) is 4.57 Å². The molecule has 19 heteroatoms. The number of nitrogens with zero attached hydrogens (tertiary/aromatic N) is 3. The summed E-state index contributed by atoms with van der Waals surface area (Å²) in [6.45, 7) is 0.758. The van der Waals surface area contributed by atoms with E-state index in [9.17, 15) is 48.2 Å². The number of anilines is 3. The smallest absolute Gasteiger partial charge is 0.507 e. The molecule has 0 bridgehead atoms. The fraction of sp³-hybridized carbons (Fsp3) is 0.255. The highest BCUT2D eigenvalue weighted by Gasteiger charge is 2.36. The number of phenols is 1. The summed E-state index contributed by atoms with van der Waals surface area (Å²) in [5.41, 5.74) is 3.75. The van der Waals surface area contributed by atoms with E-state index in [4.69, 9.17) is 27.7 Å². The number of hydrogen-bond acceptors (Lipinski definition) is 9. The number of imide groups is 1. The Hall–Kier alpha value is -6.81. The lowest BCUT2D eigenvalue weighted by Gasteiger charge is -2.18. The topological polar surface area (TPSA) is 223 Å². The van der Waals surface area contributed by atoms with E-state index < -0.39 is 19.6 Å². The average Bonchev–Trinajstić information content (AvgIpc) is 4.01. The number of benzene rings is 5. The number of nitrogens with one attached hydrogen (secondary N) is 2. The maximum atomic E-state index is 14.1. The number of hydrogen-bond donors (Lipinski definition) is 5. The van der Waals surface area contributed by atoms with Crippen LogP contribution in [0.3, 0.4) is 0 Å². The molecule has 362 valence electrons. The lowest BCUT2D eigenvalue weighted by Crippen LogP contribution is -2.31. The number of aromatic hydroxyl groups is 1. The van der Waals surface area contributed by atoms with E-state index in [0.29, 0.717) is 64.5 Å². The second kappa shape index (κ2) is 21.5. The molecule has 5 aromatic rings. The lowest BCUT2D eigenvalue weighted by molar-refractivity contribution is -0.137. The van der Waals surface area contributed by atoms with Crippen molar-refractivity contribution in [3.8, 4) is 11.5 Å². The highest BCUT2D eigenvalue weighted by Crippen LogP contribution is 2.49. The molecule has 0 aliphatic carbocycles. The Morgan fingerprint density at radius 3 is 1.93 bits per heavy atom. The van der Waals surface area contributed by atoms with Crippen molar-refractivity contribution in [2.75, 3.05) is 53.1 Å². The fourth-order valence-electron chi connectivity index (χ4n) is 9.15. The van der Waals surface area contributed by atoms with Gasteiger partial charge in [0.05, 0.1) is 11.4 Å². The van der Waals surface area contributed by atoms with Gasteiger partial charge in [0.25, 0.3) is 23.6 Å². The standard InChI is InChI=1S/C51H48Cl2N5O11P/c52-27-33-29-57(40-25-42(59)35-8-3-5-10-37(35)50(33)40)48(64)17-14-31-13-15-32(39(24-31)55-45(61)21-22-54-44(60)12-2-1-7-23-56-46(62)19-20-47(56)63)16-18-49(65)58-30-34(28-53)51-38-11-6-4-9-36(38)43(26-41(51)58)69-70(66,67)68/h3-6,8-11,13-20,24-26,33-34,59H,1-2,7,12,21-23,27-30H2,(H,54,60)(H,55,61)(H2,66,67,68)/b17-14+,18-16+/t33-,34?/m1/s1. The first-order chi connectivity index (χ1) is 33.6. The second-order valence-corrected chi connectivity index (χ2v) is 18.8. The Balaban J connectivity index is 0.995. The first kappa shape index (κ1) is 49.6. The number of amides is 6. The molecule has 2 atom stereocenters. The molecule has 6 amide bonds. The summed E-state index contributed by atoms with van der Waals surface area (Å²) < 4.78 is 17.1. The summed E-state index contributed by atoms with van der Waals surface area (Å²) in [5.74, 6) is -2.43. The van der Waals surface area contributed by atoms with Crippen LogP contribution in [-0.4, -0.2) is 93.2 Å². The maximum absolute atomic E-state index is 14.1. The Morgan fingerprint density at radius 2 is 1.30 bits per heavy atom. The number of carbonyl (C=O) groups excluding carboxylic acids is 6. The van der Waals surface area contributed by atoms with E-state index in [0.717, 1.165) is 21.4 Å². The van der Waals surface area contributed by atoms with Gasteiger partial charge in [0.15, 0.2) is 0 Å². The van der Waals surface area contributed by atoms with Gasteiger partial charge in [-0.2, -0.15) is 0 Å². The molecule has 8 rings (SSSR count). The molecule has 5 aromatic carbocycles. The number of fused-ring (bicyclic) bond motifs is 6. The van der Waals surface area contributed by atoms with E-state index in [1.165, 1.54) is 41.3 Å². The fourth-order valence-corrected chi connectivity index (χ4v) is 10.1. The number of phenolic OH excluding ortho intramolecular Hbond substituents is 1. The van der Waals surface area contributed by atoms with Crippen molar-refractivity contribution >= 4 is 117 Å². The molecule has 1 unspecified atom stereocenters. The third kappa shape index (κ3) is 11.0. The molecule has 0 aromatic heterocycles. The van der Waals surface area contributed by atoms with Gasteiger partial charge in [0, 0.05) is 116 Å². The van der Waals surface area contributed by atoms with Gasteiger partial charge >= 0.3 is 7.82 Å². The van der Waals surface area contributed by atoms with Crippen LogP contribution in [0.2, 0.25) is 0 Å². The Kier molecular flexibility index (Phi) is 15.2. The van der Waals surface area contributed by atoms with Crippen molar-refractivity contribution in [1.82, 2.24) is 10.2 Å². The zero-order chi connectivity index (χ0) is 49.7. The molecule has 3 aliphatic rings. The second-order valence-electron chi connectivity index (χ2n) is 17.0. The van der Waals surface area contributed by atoms with Crippen LogP contribution in [-0.2, 0) is 33.3 Å². The van der Waals surface area contributed by atoms with E-state index >= 15 is 0 Å². The number of phosphoric acid groups is 1.